The lowest BCUT2D eigenvalue weighted by molar-refractivity contribution is 0.122. The quantitative estimate of drug-likeness (QED) is 0.493. The van der Waals surface area contributed by atoms with Crippen molar-refractivity contribution in [2.45, 2.75) is 25.8 Å². The summed E-state index contributed by atoms with van der Waals surface area (Å²) in [5, 5.41) is 6.59. The molecule has 0 unspecified atom stereocenters. The molecule has 0 bridgehead atoms. The fourth-order valence-electron chi connectivity index (χ4n) is 5.12. The first kappa shape index (κ1) is 24.4. The molecule has 1 fully saturated rings. The Balaban J connectivity index is 1.44. The van der Waals surface area contributed by atoms with E-state index in [4.69, 9.17) is 19.4 Å². The number of methoxy groups -OCH3 is 1. The number of aryl methyl sites for hydroxylation is 1. The van der Waals surface area contributed by atoms with Crippen molar-refractivity contribution in [3.05, 3.63) is 59.4 Å². The predicted octanol–water partition coefficient (Wildman–Crippen LogP) is 3.54. The van der Waals surface area contributed by atoms with Gasteiger partial charge in [0.15, 0.2) is 0 Å². The summed E-state index contributed by atoms with van der Waals surface area (Å²) in [5.41, 5.74) is 5.23. The summed E-state index contributed by atoms with van der Waals surface area (Å²) in [6, 6.07) is 12.5. The lowest BCUT2D eigenvalue weighted by atomic mass is 9.87. The number of benzene rings is 1. The number of anilines is 5. The minimum Gasteiger partial charge on any atom is -0.384 e. The van der Waals surface area contributed by atoms with Crippen molar-refractivity contribution in [1.82, 2.24) is 20.3 Å². The summed E-state index contributed by atoms with van der Waals surface area (Å²) >= 11 is 0. The molecule has 2 N–H and O–H groups in total. The topological polar surface area (TPSA) is 87.7 Å². The molecule has 9 heteroatoms. The van der Waals surface area contributed by atoms with Crippen LogP contribution in [-0.2, 0) is 21.4 Å². The zero-order chi connectivity index (χ0) is 25.1. The number of aromatic nitrogens is 3. The molecule has 2 aliphatic rings. The van der Waals surface area contributed by atoms with Crippen molar-refractivity contribution in [1.29, 1.82) is 0 Å². The second-order valence-corrected chi connectivity index (χ2v) is 9.75. The normalized spacial score (nSPS) is 19.4. The predicted molar refractivity (Wildman–Crippen MR) is 143 cm³/mol. The monoisotopic (exact) mass is 489 g/mol. The molecular weight excluding hydrogens is 454 g/mol. The maximum absolute atomic E-state index is 5.59. The molecule has 0 saturated carbocycles. The average molecular weight is 490 g/mol. The van der Waals surface area contributed by atoms with E-state index >= 15 is 0 Å². The molecular formula is C27H35N7O2. The SMILES string of the molecule is CNCc1cccc(N2C[C@@](C)(COC)c3cnc(Nc4ccc(N5CCOCC5)c(C)c4)nc32)n1. The van der Waals surface area contributed by atoms with Gasteiger partial charge < -0.3 is 29.9 Å². The number of ether oxygens (including phenoxy) is 2. The van der Waals surface area contributed by atoms with Crippen LogP contribution >= 0.6 is 0 Å². The Hall–Kier alpha value is -3.27. The van der Waals surface area contributed by atoms with Crippen molar-refractivity contribution in [3.63, 3.8) is 0 Å². The van der Waals surface area contributed by atoms with Crippen LogP contribution in [0.15, 0.2) is 42.6 Å². The highest BCUT2D eigenvalue weighted by molar-refractivity contribution is 5.70. The first-order valence-electron chi connectivity index (χ1n) is 12.5. The Kier molecular flexibility index (Phi) is 7.04. The zero-order valence-corrected chi connectivity index (χ0v) is 21.5. The fourth-order valence-corrected chi connectivity index (χ4v) is 5.12. The lowest BCUT2D eigenvalue weighted by Gasteiger charge is -2.30. The Bertz CT molecular complexity index is 1210. The van der Waals surface area contributed by atoms with Crippen LogP contribution < -0.4 is 20.4 Å². The highest BCUT2D eigenvalue weighted by Crippen LogP contribution is 2.43. The van der Waals surface area contributed by atoms with E-state index in [0.717, 1.165) is 61.4 Å². The van der Waals surface area contributed by atoms with Crippen LogP contribution in [0.25, 0.3) is 0 Å². The number of nitrogens with zero attached hydrogens (tertiary/aromatic N) is 5. The maximum atomic E-state index is 5.59. The van der Waals surface area contributed by atoms with Crippen molar-refractivity contribution in [2.75, 3.05) is 68.7 Å². The van der Waals surface area contributed by atoms with Gasteiger partial charge in [-0.15, -0.1) is 0 Å². The van der Waals surface area contributed by atoms with E-state index in [9.17, 15) is 0 Å². The summed E-state index contributed by atoms with van der Waals surface area (Å²) in [7, 11) is 3.66. The van der Waals surface area contributed by atoms with Crippen molar-refractivity contribution >= 4 is 29.0 Å². The third-order valence-electron chi connectivity index (χ3n) is 6.88. The van der Waals surface area contributed by atoms with Crippen LogP contribution in [0.4, 0.5) is 29.0 Å². The molecule has 1 saturated heterocycles. The number of fused-ring (bicyclic) bond motifs is 1. The molecule has 3 aromatic rings. The van der Waals surface area contributed by atoms with Crippen LogP contribution in [0, 0.1) is 6.92 Å². The lowest BCUT2D eigenvalue weighted by Crippen LogP contribution is -2.36. The van der Waals surface area contributed by atoms with E-state index in [1.54, 1.807) is 7.11 Å². The highest BCUT2D eigenvalue weighted by Gasteiger charge is 2.42. The molecule has 0 spiro atoms. The summed E-state index contributed by atoms with van der Waals surface area (Å²) < 4.78 is 11.1. The number of nitrogens with one attached hydrogen (secondary N) is 2. The first-order valence-corrected chi connectivity index (χ1v) is 12.5. The molecule has 1 atom stereocenters. The van der Waals surface area contributed by atoms with E-state index in [-0.39, 0.29) is 5.41 Å². The molecule has 4 heterocycles. The third kappa shape index (κ3) is 4.86. The second kappa shape index (κ2) is 10.4. The summed E-state index contributed by atoms with van der Waals surface area (Å²) in [5.74, 6) is 2.30. The number of morpholine rings is 1. The molecule has 0 aliphatic carbocycles. The van der Waals surface area contributed by atoms with Crippen molar-refractivity contribution < 1.29 is 9.47 Å². The minimum absolute atomic E-state index is 0.236. The minimum atomic E-state index is -0.236. The van der Waals surface area contributed by atoms with E-state index in [1.807, 2.05) is 31.4 Å². The number of rotatable bonds is 8. The van der Waals surface area contributed by atoms with Gasteiger partial charge in [0, 0.05) is 61.8 Å². The molecule has 5 rings (SSSR count). The molecule has 0 radical (unpaired) electrons. The standard InChI is InChI=1S/C27H35N7O2/c1-19-14-20(8-9-23(19)33-10-12-36-13-11-33)31-26-29-16-22-25(32-26)34(17-27(22,2)18-35-4)24-7-5-6-21(30-24)15-28-3/h5-9,14,16,28H,10-13,15,17-18H2,1-4H3,(H,29,31,32)/t27-/m0/s1. The second-order valence-electron chi connectivity index (χ2n) is 9.75. The van der Waals surface area contributed by atoms with Crippen LogP contribution in [0.1, 0.15) is 23.7 Å². The van der Waals surface area contributed by atoms with Gasteiger partial charge in [0.05, 0.1) is 25.5 Å². The van der Waals surface area contributed by atoms with Gasteiger partial charge in [-0.3, -0.25) is 0 Å². The van der Waals surface area contributed by atoms with Gasteiger partial charge in [0.2, 0.25) is 5.95 Å². The summed E-state index contributed by atoms with van der Waals surface area (Å²) in [6.07, 6.45) is 1.93. The van der Waals surface area contributed by atoms with Gasteiger partial charge in [0.1, 0.15) is 11.6 Å². The summed E-state index contributed by atoms with van der Waals surface area (Å²) in [4.78, 5) is 19.1. The van der Waals surface area contributed by atoms with E-state index in [0.29, 0.717) is 19.1 Å². The average Bonchev–Trinajstić information content (AvgIpc) is 3.17. The zero-order valence-electron chi connectivity index (χ0n) is 21.5. The van der Waals surface area contributed by atoms with Crippen LogP contribution in [0.3, 0.4) is 0 Å². The Morgan fingerprint density at radius 2 is 1.97 bits per heavy atom. The van der Waals surface area contributed by atoms with Crippen molar-refractivity contribution in [3.8, 4) is 0 Å². The molecule has 2 aliphatic heterocycles. The van der Waals surface area contributed by atoms with Crippen LogP contribution in [0.2, 0.25) is 0 Å². The number of hydrogen-bond donors (Lipinski definition) is 2. The highest BCUT2D eigenvalue weighted by atomic mass is 16.5. The van der Waals surface area contributed by atoms with Gasteiger partial charge >= 0.3 is 0 Å². The van der Waals surface area contributed by atoms with Gasteiger partial charge in [-0.2, -0.15) is 4.98 Å². The Labute approximate surface area is 212 Å². The molecule has 36 heavy (non-hydrogen) atoms. The van der Waals surface area contributed by atoms with E-state index < -0.39 is 0 Å². The smallest absolute Gasteiger partial charge is 0.229 e. The number of hydrogen-bond acceptors (Lipinski definition) is 9. The van der Waals surface area contributed by atoms with Gasteiger partial charge in [0.25, 0.3) is 0 Å². The van der Waals surface area contributed by atoms with Gasteiger partial charge in [-0.1, -0.05) is 13.0 Å². The molecule has 1 aromatic carbocycles. The van der Waals surface area contributed by atoms with Gasteiger partial charge in [-0.25, -0.2) is 9.97 Å². The Morgan fingerprint density at radius 1 is 1.14 bits per heavy atom. The van der Waals surface area contributed by atoms with Crippen molar-refractivity contribution in [2.24, 2.45) is 0 Å². The largest absolute Gasteiger partial charge is 0.384 e. The number of pyridine rings is 1. The molecule has 2 aromatic heterocycles. The molecule has 0 amide bonds. The van der Waals surface area contributed by atoms with E-state index in [1.165, 1.54) is 11.3 Å². The van der Waals surface area contributed by atoms with Gasteiger partial charge in [-0.05, 0) is 49.9 Å². The fraction of sp³-hybridized carbons (Fsp3) is 0.444. The molecule has 190 valence electrons. The van der Waals surface area contributed by atoms with E-state index in [2.05, 4.69) is 57.5 Å². The molecule has 9 nitrogen and oxygen atoms in total. The van der Waals surface area contributed by atoms with Crippen LogP contribution in [-0.4, -0.2) is 68.6 Å². The van der Waals surface area contributed by atoms with Crippen LogP contribution in [0.5, 0.6) is 0 Å². The Morgan fingerprint density at radius 3 is 2.72 bits per heavy atom. The summed E-state index contributed by atoms with van der Waals surface area (Å²) in [6.45, 7) is 9.71. The third-order valence-corrected chi connectivity index (χ3v) is 6.88. The maximum Gasteiger partial charge on any atom is 0.229 e. The first-order chi connectivity index (χ1) is 17.5.